The number of benzene rings is 2. The summed E-state index contributed by atoms with van der Waals surface area (Å²) in [6.07, 6.45) is 0.142. The van der Waals surface area contributed by atoms with Crippen molar-refractivity contribution in [3.05, 3.63) is 76.0 Å². The van der Waals surface area contributed by atoms with Crippen molar-refractivity contribution < 1.29 is 14.5 Å². The lowest BCUT2D eigenvalue weighted by molar-refractivity contribution is -0.384. The number of aromatic nitrogens is 2. The number of nitrogens with zero attached hydrogens (tertiary/aromatic N) is 4. The Morgan fingerprint density at radius 3 is 2.56 bits per heavy atom. The molecule has 2 aliphatic rings. The molecule has 0 saturated carbocycles. The molecule has 1 N–H and O–H groups in total. The molecule has 1 aromatic heterocycles. The molecular formula is C22H19N5O4S. The van der Waals surface area contributed by atoms with Crippen molar-refractivity contribution in [1.29, 1.82) is 0 Å². The van der Waals surface area contributed by atoms with Gasteiger partial charge in [0.1, 0.15) is 5.82 Å². The number of nitrogens with one attached hydrogen (secondary N) is 1. The third kappa shape index (κ3) is 3.62. The fourth-order valence-corrected chi connectivity index (χ4v) is 5.04. The number of carbonyl (C=O) groups is 2. The summed E-state index contributed by atoms with van der Waals surface area (Å²) in [7, 11) is 0. The first-order chi connectivity index (χ1) is 15.5. The van der Waals surface area contributed by atoms with Crippen LogP contribution >= 0.6 is 11.8 Å². The summed E-state index contributed by atoms with van der Waals surface area (Å²) in [4.78, 5) is 37.8. The second-order valence-electron chi connectivity index (χ2n) is 7.68. The minimum Gasteiger partial charge on any atom is -0.312 e. The molecule has 10 heteroatoms. The van der Waals surface area contributed by atoms with Gasteiger partial charge >= 0.3 is 0 Å². The van der Waals surface area contributed by atoms with Gasteiger partial charge in [0.25, 0.3) is 5.69 Å². The number of non-ortho nitro benzene ring substituents is 1. The quantitative estimate of drug-likeness (QED) is 0.471. The smallest absolute Gasteiger partial charge is 0.269 e. The number of para-hydroxylation sites is 1. The first-order valence-electron chi connectivity index (χ1n) is 10.1. The van der Waals surface area contributed by atoms with Crippen molar-refractivity contribution in [3.8, 4) is 5.69 Å². The Bertz CT molecular complexity index is 1210. The lowest BCUT2D eigenvalue weighted by Crippen LogP contribution is -2.28. The highest BCUT2D eigenvalue weighted by Gasteiger charge is 2.36. The molecule has 2 aliphatic heterocycles. The molecule has 2 amide bonds. The van der Waals surface area contributed by atoms with E-state index in [0.29, 0.717) is 18.1 Å². The molecule has 1 saturated heterocycles. The van der Waals surface area contributed by atoms with Crippen LogP contribution < -0.4 is 10.2 Å². The molecule has 162 valence electrons. The highest BCUT2D eigenvalue weighted by Crippen LogP contribution is 2.37. The zero-order chi connectivity index (χ0) is 22.2. The topological polar surface area (TPSA) is 110 Å². The maximum atomic E-state index is 13.1. The normalized spacial score (nSPS) is 17.4. The molecule has 32 heavy (non-hydrogen) atoms. The molecule has 2 aromatic carbocycles. The van der Waals surface area contributed by atoms with Crippen LogP contribution in [0.25, 0.3) is 5.69 Å². The number of hydrogen-bond acceptors (Lipinski definition) is 6. The highest BCUT2D eigenvalue weighted by atomic mass is 32.2. The maximum Gasteiger partial charge on any atom is 0.269 e. The van der Waals surface area contributed by atoms with Gasteiger partial charge in [0.15, 0.2) is 0 Å². The van der Waals surface area contributed by atoms with Crippen LogP contribution in [0.15, 0.2) is 54.6 Å². The Balaban J connectivity index is 1.40. The number of nitro groups is 1. The fourth-order valence-electron chi connectivity index (χ4n) is 4.00. The fraction of sp³-hybridized carbons (Fsp3) is 0.227. The van der Waals surface area contributed by atoms with E-state index in [1.54, 1.807) is 33.5 Å². The van der Waals surface area contributed by atoms with Gasteiger partial charge in [0.05, 0.1) is 22.2 Å². The first kappa shape index (κ1) is 20.3. The first-order valence-corrected chi connectivity index (χ1v) is 11.3. The van der Waals surface area contributed by atoms with Gasteiger partial charge < -0.3 is 10.2 Å². The predicted molar refractivity (Wildman–Crippen MR) is 121 cm³/mol. The minimum atomic E-state index is -0.479. The largest absolute Gasteiger partial charge is 0.312 e. The number of rotatable bonds is 5. The van der Waals surface area contributed by atoms with Crippen LogP contribution in [-0.4, -0.2) is 33.1 Å². The number of hydrogen-bond donors (Lipinski definition) is 1. The number of anilines is 2. The Kier molecular flexibility index (Phi) is 5.14. The standard InChI is InChI=1S/C22H19N5O4S/c28-20-10-14(11-25(20)15-4-2-1-3-5-15)22(29)23-21-18-12-32-13-19(18)24-26(21)16-6-8-17(9-7-16)27(30)31/h1-9,14H,10-13H2,(H,23,29). The van der Waals surface area contributed by atoms with Crippen molar-refractivity contribution in [1.82, 2.24) is 9.78 Å². The van der Waals surface area contributed by atoms with E-state index in [0.717, 1.165) is 28.5 Å². The third-order valence-electron chi connectivity index (χ3n) is 5.66. The van der Waals surface area contributed by atoms with Crippen LogP contribution in [0.5, 0.6) is 0 Å². The summed E-state index contributed by atoms with van der Waals surface area (Å²) < 4.78 is 1.62. The van der Waals surface area contributed by atoms with E-state index in [-0.39, 0.29) is 23.9 Å². The third-order valence-corrected chi connectivity index (χ3v) is 6.63. The molecule has 1 unspecified atom stereocenters. The van der Waals surface area contributed by atoms with E-state index in [1.165, 1.54) is 12.1 Å². The van der Waals surface area contributed by atoms with Crippen LogP contribution in [0, 0.1) is 16.0 Å². The van der Waals surface area contributed by atoms with E-state index >= 15 is 0 Å². The summed E-state index contributed by atoms with van der Waals surface area (Å²) in [5.41, 5.74) is 3.22. The number of amides is 2. The van der Waals surface area contributed by atoms with Crippen LogP contribution in [0.1, 0.15) is 17.7 Å². The monoisotopic (exact) mass is 449 g/mol. The number of carbonyl (C=O) groups excluding carboxylic acids is 2. The lowest BCUT2D eigenvalue weighted by Gasteiger charge is -2.17. The van der Waals surface area contributed by atoms with E-state index < -0.39 is 10.8 Å². The van der Waals surface area contributed by atoms with Gasteiger partial charge in [-0.2, -0.15) is 16.9 Å². The van der Waals surface area contributed by atoms with Gasteiger partial charge in [-0.3, -0.25) is 19.7 Å². The van der Waals surface area contributed by atoms with Crippen LogP contribution in [0.4, 0.5) is 17.2 Å². The molecule has 1 fully saturated rings. The van der Waals surface area contributed by atoms with Crippen molar-refractivity contribution in [2.24, 2.45) is 5.92 Å². The number of fused-ring (bicyclic) bond motifs is 1. The molecule has 0 aliphatic carbocycles. The molecule has 5 rings (SSSR count). The Hall–Kier alpha value is -3.66. The molecular weight excluding hydrogens is 430 g/mol. The number of thioether (sulfide) groups is 1. The second-order valence-corrected chi connectivity index (χ2v) is 8.67. The van der Waals surface area contributed by atoms with Crippen LogP contribution in [0.3, 0.4) is 0 Å². The molecule has 0 bridgehead atoms. The van der Waals surface area contributed by atoms with Crippen LogP contribution in [-0.2, 0) is 21.1 Å². The zero-order valence-electron chi connectivity index (χ0n) is 16.9. The van der Waals surface area contributed by atoms with Gasteiger partial charge in [0, 0.05) is 47.9 Å². The molecule has 1 atom stereocenters. The van der Waals surface area contributed by atoms with Crippen molar-refractivity contribution in [2.45, 2.75) is 17.9 Å². The average molecular weight is 449 g/mol. The maximum absolute atomic E-state index is 13.1. The van der Waals surface area contributed by atoms with Gasteiger partial charge in [-0.25, -0.2) is 4.68 Å². The molecule has 0 radical (unpaired) electrons. The van der Waals surface area contributed by atoms with Gasteiger partial charge in [-0.05, 0) is 24.3 Å². The van der Waals surface area contributed by atoms with E-state index in [4.69, 9.17) is 0 Å². The Morgan fingerprint density at radius 2 is 1.84 bits per heavy atom. The summed E-state index contributed by atoms with van der Waals surface area (Å²) in [5, 5.41) is 18.6. The number of nitro benzene ring substituents is 1. The van der Waals surface area contributed by atoms with Crippen molar-refractivity contribution in [2.75, 3.05) is 16.8 Å². The highest BCUT2D eigenvalue weighted by molar-refractivity contribution is 7.98. The zero-order valence-corrected chi connectivity index (χ0v) is 17.7. The molecule has 3 aromatic rings. The second kappa shape index (κ2) is 8.12. The molecule has 9 nitrogen and oxygen atoms in total. The Morgan fingerprint density at radius 1 is 1.09 bits per heavy atom. The average Bonchev–Trinajstić information content (AvgIpc) is 3.50. The van der Waals surface area contributed by atoms with E-state index in [9.17, 15) is 19.7 Å². The van der Waals surface area contributed by atoms with Gasteiger partial charge in [-0.15, -0.1) is 0 Å². The SMILES string of the molecule is O=C(Nc1c2c(nn1-c1ccc([N+](=O)[O-])cc1)CSC2)C1CC(=O)N(c2ccccc2)C1. The van der Waals surface area contributed by atoms with Gasteiger partial charge in [-0.1, -0.05) is 18.2 Å². The van der Waals surface area contributed by atoms with Crippen molar-refractivity contribution in [3.63, 3.8) is 0 Å². The van der Waals surface area contributed by atoms with Crippen molar-refractivity contribution >= 4 is 40.8 Å². The summed E-state index contributed by atoms with van der Waals surface area (Å²) in [6.45, 7) is 0.317. The molecule has 0 spiro atoms. The summed E-state index contributed by atoms with van der Waals surface area (Å²) in [5.74, 6) is 1.22. The summed E-state index contributed by atoms with van der Waals surface area (Å²) in [6, 6.07) is 15.4. The Labute approximate surface area is 187 Å². The summed E-state index contributed by atoms with van der Waals surface area (Å²) >= 11 is 1.71. The lowest BCUT2D eigenvalue weighted by atomic mass is 10.1. The van der Waals surface area contributed by atoms with Gasteiger partial charge in [0.2, 0.25) is 11.8 Å². The van der Waals surface area contributed by atoms with E-state index in [2.05, 4.69) is 10.4 Å². The molecule has 3 heterocycles. The van der Waals surface area contributed by atoms with E-state index in [1.807, 2.05) is 30.3 Å². The predicted octanol–water partition coefficient (Wildman–Crippen LogP) is 3.52. The van der Waals surface area contributed by atoms with Crippen LogP contribution in [0.2, 0.25) is 0 Å². The minimum absolute atomic E-state index is 0.0138.